The Balaban J connectivity index is 1.84. The lowest BCUT2D eigenvalue weighted by atomic mass is 10.2. The molecule has 2 N–H and O–H groups in total. The number of carbonyl (C=O) groups is 2. The van der Waals surface area contributed by atoms with Gasteiger partial charge < -0.3 is 14.7 Å². The van der Waals surface area contributed by atoms with Gasteiger partial charge in [0.15, 0.2) is 5.52 Å². The van der Waals surface area contributed by atoms with Crippen molar-refractivity contribution >= 4 is 28.8 Å². The van der Waals surface area contributed by atoms with Gasteiger partial charge in [-0.3, -0.25) is 5.32 Å². The Bertz CT molecular complexity index is 1010. The van der Waals surface area contributed by atoms with Crippen LogP contribution in [0.25, 0.3) is 11.0 Å². The Morgan fingerprint density at radius 3 is 2.59 bits per heavy atom. The summed E-state index contributed by atoms with van der Waals surface area (Å²) in [7, 11) is 0. The number of fused-ring (bicyclic) bond motifs is 1. The smallest absolute Gasteiger partial charge is 0.412 e. The molecule has 0 unspecified atom stereocenters. The molecule has 0 aliphatic carbocycles. The number of para-hydroxylation sites is 2. The van der Waals surface area contributed by atoms with Gasteiger partial charge in [-0.25, -0.2) is 9.59 Å². The highest BCUT2D eigenvalue weighted by Crippen LogP contribution is 2.22. The summed E-state index contributed by atoms with van der Waals surface area (Å²) < 4.78 is 5.19. The molecule has 2 aromatic carbocycles. The summed E-state index contributed by atoms with van der Waals surface area (Å²) in [6.07, 6.45) is -0.702. The largest absolute Gasteiger partial charge is 0.505 e. The fourth-order valence-electron chi connectivity index (χ4n) is 2.30. The number of aromatic hydroxyl groups is 1. The number of rotatable bonds is 3. The van der Waals surface area contributed by atoms with Gasteiger partial charge in [-0.2, -0.15) is 0 Å². The van der Waals surface area contributed by atoms with E-state index in [1.807, 2.05) is 0 Å². The quantitative estimate of drug-likeness (QED) is 0.681. The second-order valence-electron chi connectivity index (χ2n) is 6.66. The van der Waals surface area contributed by atoms with Crippen LogP contribution in [0.1, 0.15) is 31.1 Å². The van der Waals surface area contributed by atoms with Crippen molar-refractivity contribution in [2.24, 2.45) is 0 Å². The van der Waals surface area contributed by atoms with E-state index in [0.29, 0.717) is 5.52 Å². The van der Waals surface area contributed by atoms with Crippen LogP contribution in [-0.2, 0) is 4.74 Å². The molecule has 1 heterocycles. The minimum absolute atomic E-state index is 0.0856. The summed E-state index contributed by atoms with van der Waals surface area (Å²) in [4.78, 5) is 30.6. The maximum atomic E-state index is 12.6. The average molecular weight is 370 g/mol. The summed E-state index contributed by atoms with van der Waals surface area (Å²) in [6.45, 7) is 5.19. The van der Waals surface area contributed by atoms with Gasteiger partial charge in [0.25, 0.3) is 0 Å². The molecule has 1 amide bonds. The number of benzene rings is 2. The van der Waals surface area contributed by atoms with Gasteiger partial charge in [-0.15, -0.1) is 5.10 Å². The lowest BCUT2D eigenvalue weighted by Gasteiger charge is -2.20. The van der Waals surface area contributed by atoms with Crippen LogP contribution in [0.15, 0.2) is 42.5 Å². The molecular weight excluding hydrogens is 352 g/mol. The normalized spacial score (nSPS) is 11.2. The molecule has 0 radical (unpaired) electrons. The van der Waals surface area contributed by atoms with Gasteiger partial charge in [-0.05, 0) is 50.3 Å². The molecule has 3 rings (SSSR count). The first-order valence-corrected chi connectivity index (χ1v) is 8.10. The van der Waals surface area contributed by atoms with Crippen molar-refractivity contribution in [3.63, 3.8) is 0 Å². The number of hydrogen-bond acceptors (Lipinski definition) is 7. The Hall–Kier alpha value is -3.62. The molecule has 0 spiro atoms. The number of amides is 1. The highest BCUT2D eigenvalue weighted by atomic mass is 16.7. The topological polar surface area (TPSA) is 116 Å². The van der Waals surface area contributed by atoms with Crippen molar-refractivity contribution in [1.82, 2.24) is 15.2 Å². The molecule has 0 bridgehead atoms. The first-order valence-electron chi connectivity index (χ1n) is 8.10. The van der Waals surface area contributed by atoms with E-state index in [9.17, 15) is 14.7 Å². The van der Waals surface area contributed by atoms with E-state index in [0.717, 1.165) is 4.85 Å². The summed E-state index contributed by atoms with van der Waals surface area (Å²) >= 11 is 0. The number of phenolic OH excluding ortho intramolecular Hbond substituents is 1. The minimum Gasteiger partial charge on any atom is -0.505 e. The van der Waals surface area contributed by atoms with E-state index in [2.05, 4.69) is 15.6 Å². The maximum absolute atomic E-state index is 12.6. The molecule has 0 fully saturated rings. The zero-order chi connectivity index (χ0) is 19.6. The molecule has 0 saturated heterocycles. The third-order valence-electron chi connectivity index (χ3n) is 3.37. The van der Waals surface area contributed by atoms with Gasteiger partial charge in [-0.1, -0.05) is 23.0 Å². The Kier molecular flexibility index (Phi) is 4.68. The zero-order valence-corrected chi connectivity index (χ0v) is 15.0. The van der Waals surface area contributed by atoms with E-state index in [-0.39, 0.29) is 22.5 Å². The van der Waals surface area contributed by atoms with Crippen molar-refractivity contribution in [2.45, 2.75) is 26.4 Å². The van der Waals surface area contributed by atoms with Crippen molar-refractivity contribution in [3.8, 4) is 5.75 Å². The third kappa shape index (κ3) is 4.14. The molecule has 1 aromatic heterocycles. The summed E-state index contributed by atoms with van der Waals surface area (Å²) in [6, 6.07) is 10.9. The van der Waals surface area contributed by atoms with Crippen LogP contribution >= 0.6 is 0 Å². The van der Waals surface area contributed by atoms with Crippen LogP contribution in [0.5, 0.6) is 5.75 Å². The minimum atomic E-state index is -0.795. The van der Waals surface area contributed by atoms with Crippen molar-refractivity contribution in [3.05, 3.63) is 48.0 Å². The fraction of sp³-hybridized carbons (Fsp3) is 0.222. The maximum Gasteiger partial charge on any atom is 0.412 e. The molecule has 9 heteroatoms. The van der Waals surface area contributed by atoms with Crippen LogP contribution < -0.4 is 10.2 Å². The molecule has 0 aliphatic heterocycles. The number of phenols is 1. The summed E-state index contributed by atoms with van der Waals surface area (Å²) in [5.41, 5.74) is 0.135. The SMILES string of the molecule is CC(C)(C)OC(=O)Nc1ccccc1C(=O)On1nnc2cccc(O)c21. The Morgan fingerprint density at radius 1 is 1.11 bits per heavy atom. The van der Waals surface area contributed by atoms with Crippen LogP contribution in [0.2, 0.25) is 0 Å². The second-order valence-corrected chi connectivity index (χ2v) is 6.66. The van der Waals surface area contributed by atoms with Crippen molar-refractivity contribution in [1.29, 1.82) is 0 Å². The van der Waals surface area contributed by atoms with E-state index in [1.165, 1.54) is 18.2 Å². The number of carbonyl (C=O) groups excluding carboxylic acids is 2. The molecule has 3 aromatic rings. The van der Waals surface area contributed by atoms with Gasteiger partial charge >= 0.3 is 12.1 Å². The average Bonchev–Trinajstić information content (AvgIpc) is 2.98. The summed E-state index contributed by atoms with van der Waals surface area (Å²) in [5.74, 6) is -0.929. The third-order valence-corrected chi connectivity index (χ3v) is 3.37. The number of hydrogen-bond donors (Lipinski definition) is 2. The highest BCUT2D eigenvalue weighted by molar-refractivity contribution is 6.00. The van der Waals surface area contributed by atoms with Crippen LogP contribution in [0, 0.1) is 0 Å². The monoisotopic (exact) mass is 370 g/mol. The van der Waals surface area contributed by atoms with Gasteiger partial charge in [0, 0.05) is 0 Å². The predicted octanol–water partition coefficient (Wildman–Crippen LogP) is 2.75. The summed E-state index contributed by atoms with van der Waals surface area (Å²) in [5, 5.41) is 20.0. The van der Waals surface area contributed by atoms with E-state index in [4.69, 9.17) is 9.57 Å². The predicted molar refractivity (Wildman–Crippen MR) is 96.4 cm³/mol. The van der Waals surface area contributed by atoms with E-state index >= 15 is 0 Å². The van der Waals surface area contributed by atoms with Crippen LogP contribution in [-0.4, -0.2) is 37.9 Å². The number of nitrogens with one attached hydrogen (secondary N) is 1. The van der Waals surface area contributed by atoms with Crippen molar-refractivity contribution in [2.75, 3.05) is 5.32 Å². The number of ether oxygens (including phenoxy) is 1. The van der Waals surface area contributed by atoms with E-state index < -0.39 is 17.7 Å². The second kappa shape index (κ2) is 6.94. The molecular formula is C18H18N4O5. The standard InChI is InChI=1S/C18H18N4O5/c1-18(2,3)26-17(25)19-12-8-5-4-7-11(12)16(24)27-22-15-13(20-21-22)9-6-10-14(15)23/h4-10,23H,1-3H3,(H,19,25). The molecule has 9 nitrogen and oxygen atoms in total. The molecule has 0 aliphatic rings. The first-order chi connectivity index (χ1) is 12.7. The zero-order valence-electron chi connectivity index (χ0n) is 15.0. The first kappa shape index (κ1) is 18.2. The van der Waals surface area contributed by atoms with Gasteiger partial charge in [0.1, 0.15) is 16.9 Å². The molecule has 0 saturated carbocycles. The molecule has 140 valence electrons. The van der Waals surface area contributed by atoms with E-state index in [1.54, 1.807) is 45.0 Å². The van der Waals surface area contributed by atoms with Gasteiger partial charge in [0.05, 0.1) is 11.3 Å². The lowest BCUT2D eigenvalue weighted by Crippen LogP contribution is -2.28. The lowest BCUT2D eigenvalue weighted by molar-refractivity contribution is 0.0408. The fourth-order valence-corrected chi connectivity index (χ4v) is 2.30. The Labute approximate surface area is 154 Å². The number of aromatic nitrogens is 3. The Morgan fingerprint density at radius 2 is 1.85 bits per heavy atom. The highest BCUT2D eigenvalue weighted by Gasteiger charge is 2.21. The van der Waals surface area contributed by atoms with Crippen LogP contribution in [0.3, 0.4) is 0 Å². The molecule has 27 heavy (non-hydrogen) atoms. The van der Waals surface area contributed by atoms with Crippen LogP contribution in [0.4, 0.5) is 10.5 Å². The van der Waals surface area contributed by atoms with Crippen molar-refractivity contribution < 1.29 is 24.3 Å². The molecule has 0 atom stereocenters. The van der Waals surface area contributed by atoms with Gasteiger partial charge in [0.2, 0.25) is 0 Å². The number of anilines is 1. The number of nitrogens with zero attached hydrogens (tertiary/aromatic N) is 3.